The third-order valence-electron chi connectivity index (χ3n) is 4.22. The van der Waals surface area contributed by atoms with Crippen molar-refractivity contribution in [2.75, 3.05) is 38.1 Å². The standard InChI is InChI=1S/C23H29N5O2/c1-6-30-23(29)22(18(2)27(4)17-16-24-3)26-28(5)21-14-12-20(13-15-21)25-19-10-8-7-9-11-19/h7-17,24-25H,2,6H2,1,3-5H3/p+1/b17-16-,26-22-. The number of carbonyl (C=O) groups is 1. The first kappa shape index (κ1) is 22.7. The first-order valence-corrected chi connectivity index (χ1v) is 9.76. The molecule has 0 spiro atoms. The van der Waals surface area contributed by atoms with Gasteiger partial charge >= 0.3 is 5.97 Å². The van der Waals surface area contributed by atoms with Crippen molar-refractivity contribution in [3.05, 3.63) is 79.3 Å². The van der Waals surface area contributed by atoms with Gasteiger partial charge in [0.15, 0.2) is 5.71 Å². The van der Waals surface area contributed by atoms with Crippen LogP contribution in [-0.4, -0.2) is 44.3 Å². The van der Waals surface area contributed by atoms with Gasteiger partial charge in [0.05, 0.1) is 31.2 Å². The van der Waals surface area contributed by atoms with Crippen LogP contribution in [0.15, 0.2) is 84.4 Å². The van der Waals surface area contributed by atoms with Crippen LogP contribution in [0, 0.1) is 0 Å². The summed E-state index contributed by atoms with van der Waals surface area (Å²) in [7, 11) is 5.50. The number of nitrogens with two attached hydrogens (primary N) is 1. The molecule has 0 aliphatic heterocycles. The SMILES string of the molecule is C=C(/C(=N/N(C)c1ccc(Nc2ccccc2)cc1)C(=O)OCC)N(C)/C=C\[NH2+]C. The van der Waals surface area contributed by atoms with Gasteiger partial charge in [0.2, 0.25) is 0 Å². The van der Waals surface area contributed by atoms with E-state index in [0.29, 0.717) is 5.70 Å². The van der Waals surface area contributed by atoms with Crippen LogP contribution >= 0.6 is 0 Å². The third kappa shape index (κ3) is 6.49. The largest absolute Gasteiger partial charge is 0.461 e. The minimum Gasteiger partial charge on any atom is -0.461 e. The van der Waals surface area contributed by atoms with Gasteiger partial charge in [-0.3, -0.25) is 5.01 Å². The average Bonchev–Trinajstić information content (AvgIpc) is 2.76. The van der Waals surface area contributed by atoms with E-state index in [-0.39, 0.29) is 12.3 Å². The Morgan fingerprint density at radius 1 is 1.13 bits per heavy atom. The van der Waals surface area contributed by atoms with Gasteiger partial charge in [-0.1, -0.05) is 24.8 Å². The number of hydrazone groups is 1. The normalized spacial score (nSPS) is 11.3. The second kappa shape index (κ2) is 11.4. The number of ether oxygens (including phenoxy) is 1. The summed E-state index contributed by atoms with van der Waals surface area (Å²) in [6, 6.07) is 17.7. The van der Waals surface area contributed by atoms with E-state index < -0.39 is 5.97 Å². The highest BCUT2D eigenvalue weighted by molar-refractivity contribution is 6.43. The molecule has 0 amide bonds. The molecule has 2 rings (SSSR count). The van der Waals surface area contributed by atoms with Gasteiger partial charge in [0.25, 0.3) is 0 Å². The van der Waals surface area contributed by atoms with E-state index >= 15 is 0 Å². The van der Waals surface area contributed by atoms with Crippen molar-refractivity contribution in [3.8, 4) is 0 Å². The number of rotatable bonds is 10. The summed E-state index contributed by atoms with van der Waals surface area (Å²) >= 11 is 0. The molecule has 0 saturated carbocycles. The summed E-state index contributed by atoms with van der Waals surface area (Å²) in [4.78, 5) is 14.2. The number of para-hydroxylation sites is 1. The molecule has 0 fully saturated rings. The third-order valence-corrected chi connectivity index (χ3v) is 4.22. The fourth-order valence-electron chi connectivity index (χ4n) is 2.54. The number of hydrogen-bond acceptors (Lipinski definition) is 6. The smallest absolute Gasteiger partial charge is 0.360 e. The van der Waals surface area contributed by atoms with E-state index in [1.165, 1.54) is 0 Å². The lowest BCUT2D eigenvalue weighted by Crippen LogP contribution is -2.72. The summed E-state index contributed by atoms with van der Waals surface area (Å²) in [6.45, 7) is 6.03. The van der Waals surface area contributed by atoms with Crippen molar-refractivity contribution in [3.63, 3.8) is 0 Å². The van der Waals surface area contributed by atoms with E-state index in [0.717, 1.165) is 17.1 Å². The Labute approximate surface area is 178 Å². The highest BCUT2D eigenvalue weighted by Gasteiger charge is 2.20. The van der Waals surface area contributed by atoms with Crippen molar-refractivity contribution in [1.29, 1.82) is 0 Å². The zero-order valence-electron chi connectivity index (χ0n) is 18.0. The zero-order chi connectivity index (χ0) is 21.9. The number of carbonyl (C=O) groups excluding carboxylic acids is 1. The van der Waals surface area contributed by atoms with Crippen molar-refractivity contribution >= 4 is 28.7 Å². The molecule has 0 aliphatic rings. The predicted molar refractivity (Wildman–Crippen MR) is 123 cm³/mol. The van der Waals surface area contributed by atoms with Crippen molar-refractivity contribution < 1.29 is 14.8 Å². The molecule has 2 aromatic carbocycles. The summed E-state index contributed by atoms with van der Waals surface area (Å²) in [6.07, 6.45) is 3.66. The van der Waals surface area contributed by atoms with Crippen LogP contribution in [0.4, 0.5) is 17.1 Å². The minimum absolute atomic E-state index is 0.147. The molecule has 7 nitrogen and oxygen atoms in total. The van der Waals surface area contributed by atoms with Gasteiger partial charge in [0.1, 0.15) is 6.20 Å². The molecule has 0 saturated heterocycles. The second-order valence-corrected chi connectivity index (χ2v) is 6.46. The Morgan fingerprint density at radius 2 is 1.77 bits per heavy atom. The lowest BCUT2D eigenvalue weighted by Gasteiger charge is -2.20. The molecule has 2 aromatic rings. The van der Waals surface area contributed by atoms with Gasteiger partial charge in [-0.05, 0) is 43.3 Å². The first-order valence-electron chi connectivity index (χ1n) is 9.76. The Balaban J connectivity index is 2.21. The van der Waals surface area contributed by atoms with Gasteiger partial charge in [-0.2, -0.15) is 5.10 Å². The monoisotopic (exact) mass is 408 g/mol. The van der Waals surface area contributed by atoms with Crippen LogP contribution in [0.3, 0.4) is 0 Å². The van der Waals surface area contributed by atoms with E-state index in [9.17, 15) is 4.79 Å². The number of hydrogen-bond donors (Lipinski definition) is 2. The summed E-state index contributed by atoms with van der Waals surface area (Å²) in [5, 5.41) is 11.3. The highest BCUT2D eigenvalue weighted by atomic mass is 16.5. The Kier molecular flexibility index (Phi) is 8.65. The summed E-state index contributed by atoms with van der Waals surface area (Å²) in [5.41, 5.74) is 3.38. The zero-order valence-corrected chi connectivity index (χ0v) is 18.0. The predicted octanol–water partition coefficient (Wildman–Crippen LogP) is 2.90. The maximum absolute atomic E-state index is 12.5. The molecule has 158 valence electrons. The Bertz CT molecular complexity index is 892. The van der Waals surface area contributed by atoms with Gasteiger partial charge in [0, 0.05) is 25.5 Å². The number of quaternary nitrogens is 1. The van der Waals surface area contributed by atoms with Crippen LogP contribution in [-0.2, 0) is 9.53 Å². The lowest BCUT2D eigenvalue weighted by molar-refractivity contribution is -0.557. The lowest BCUT2D eigenvalue weighted by atomic mass is 10.2. The molecule has 0 atom stereocenters. The van der Waals surface area contributed by atoms with Crippen LogP contribution in [0.1, 0.15) is 6.92 Å². The molecule has 0 unspecified atom stereocenters. The Morgan fingerprint density at radius 3 is 2.37 bits per heavy atom. The maximum atomic E-state index is 12.5. The second-order valence-electron chi connectivity index (χ2n) is 6.46. The molecule has 30 heavy (non-hydrogen) atoms. The fraction of sp³-hybridized carbons (Fsp3) is 0.217. The number of esters is 1. The van der Waals surface area contributed by atoms with E-state index in [2.05, 4.69) is 17.0 Å². The minimum atomic E-state index is -0.516. The van der Waals surface area contributed by atoms with Crippen molar-refractivity contribution in [2.24, 2.45) is 5.10 Å². The molecular formula is C23H30N5O2+. The average molecular weight is 409 g/mol. The van der Waals surface area contributed by atoms with Crippen LogP contribution in [0.5, 0.6) is 0 Å². The summed E-state index contributed by atoms with van der Waals surface area (Å²) < 4.78 is 5.18. The van der Waals surface area contributed by atoms with Crippen molar-refractivity contribution in [2.45, 2.75) is 6.92 Å². The molecule has 0 aliphatic carbocycles. The number of nitrogens with zero attached hydrogens (tertiary/aromatic N) is 3. The first-order chi connectivity index (χ1) is 14.5. The molecule has 0 heterocycles. The molecule has 0 aromatic heterocycles. The fourth-order valence-corrected chi connectivity index (χ4v) is 2.54. The van der Waals surface area contributed by atoms with Crippen LogP contribution < -0.4 is 15.6 Å². The van der Waals surface area contributed by atoms with E-state index in [1.54, 1.807) is 37.1 Å². The molecule has 3 N–H and O–H groups in total. The summed E-state index contributed by atoms with van der Waals surface area (Å²) in [5.74, 6) is -0.516. The van der Waals surface area contributed by atoms with Gasteiger partial charge < -0.3 is 20.3 Å². The molecular weight excluding hydrogens is 378 g/mol. The number of nitrogens with one attached hydrogen (secondary N) is 1. The maximum Gasteiger partial charge on any atom is 0.360 e. The van der Waals surface area contributed by atoms with Crippen LogP contribution in [0.25, 0.3) is 0 Å². The van der Waals surface area contributed by atoms with E-state index in [4.69, 9.17) is 4.74 Å². The number of anilines is 3. The van der Waals surface area contributed by atoms with Crippen LogP contribution in [0.2, 0.25) is 0 Å². The topological polar surface area (TPSA) is 73.8 Å². The van der Waals surface area contributed by atoms with Gasteiger partial charge in [-0.25, -0.2) is 4.79 Å². The molecule has 0 bridgehead atoms. The molecule has 0 radical (unpaired) electrons. The number of benzene rings is 2. The van der Waals surface area contributed by atoms with E-state index in [1.807, 2.05) is 73.2 Å². The Hall–Kier alpha value is -3.58. The highest BCUT2D eigenvalue weighted by Crippen LogP contribution is 2.21. The molecule has 7 heteroatoms. The van der Waals surface area contributed by atoms with Crippen molar-refractivity contribution in [1.82, 2.24) is 4.90 Å². The quantitative estimate of drug-likeness (QED) is 0.359. The van der Waals surface area contributed by atoms with Gasteiger partial charge in [-0.15, -0.1) is 0 Å².